The minimum atomic E-state index is 0.349. The molecule has 0 saturated carbocycles. The molecule has 2 heterocycles. The van der Waals surface area contributed by atoms with Gasteiger partial charge in [-0.15, -0.1) is 11.6 Å². The molecule has 0 amide bonds. The molecule has 0 unspecified atom stereocenters. The van der Waals surface area contributed by atoms with Crippen LogP contribution in [0.2, 0.25) is 0 Å². The van der Waals surface area contributed by atoms with Crippen molar-refractivity contribution in [3.8, 4) is 5.75 Å². The maximum absolute atomic E-state index is 5.86. The number of nitrogens with zero attached hydrogens (tertiary/aromatic N) is 3. The first-order valence-corrected chi connectivity index (χ1v) is 6.28. The third-order valence-electron chi connectivity index (χ3n) is 2.67. The van der Waals surface area contributed by atoms with E-state index in [0.717, 1.165) is 28.5 Å². The number of hydrogen-bond donors (Lipinski definition) is 0. The molecule has 4 nitrogen and oxygen atoms in total. The van der Waals surface area contributed by atoms with Crippen LogP contribution in [0.1, 0.15) is 22.8 Å². The Morgan fingerprint density at radius 2 is 2.06 bits per heavy atom. The van der Waals surface area contributed by atoms with E-state index in [9.17, 15) is 0 Å². The van der Waals surface area contributed by atoms with Crippen LogP contribution in [0.15, 0.2) is 18.2 Å². The quantitative estimate of drug-likeness (QED) is 0.798. The maximum atomic E-state index is 5.86. The molecule has 0 saturated heterocycles. The van der Waals surface area contributed by atoms with E-state index < -0.39 is 0 Å². The fourth-order valence-electron chi connectivity index (χ4n) is 1.78. The number of ether oxygens (including phenoxy) is 1. The van der Waals surface area contributed by atoms with Crippen molar-refractivity contribution in [2.45, 2.75) is 26.3 Å². The van der Waals surface area contributed by atoms with Crippen LogP contribution < -0.4 is 4.74 Å². The molecule has 0 aliphatic heterocycles. The van der Waals surface area contributed by atoms with Gasteiger partial charge in [0.25, 0.3) is 0 Å². The van der Waals surface area contributed by atoms with Gasteiger partial charge in [0.05, 0.1) is 23.0 Å². The van der Waals surface area contributed by atoms with Crippen molar-refractivity contribution < 1.29 is 4.74 Å². The second kappa shape index (κ2) is 5.40. The highest BCUT2D eigenvalue weighted by Gasteiger charge is 2.07. The molecule has 5 heteroatoms. The van der Waals surface area contributed by atoms with Gasteiger partial charge in [0.2, 0.25) is 0 Å². The first-order chi connectivity index (χ1) is 8.60. The number of pyridine rings is 1. The van der Waals surface area contributed by atoms with Crippen LogP contribution in [-0.2, 0) is 19.5 Å². The van der Waals surface area contributed by atoms with Crippen LogP contribution in [0.5, 0.6) is 5.75 Å². The molecular weight excluding hydrogens is 250 g/mol. The van der Waals surface area contributed by atoms with Crippen molar-refractivity contribution >= 4 is 11.6 Å². The highest BCUT2D eigenvalue weighted by molar-refractivity contribution is 6.17. The van der Waals surface area contributed by atoms with Gasteiger partial charge in [0, 0.05) is 12.7 Å². The Labute approximate surface area is 112 Å². The van der Waals surface area contributed by atoms with Crippen molar-refractivity contribution in [1.29, 1.82) is 0 Å². The van der Waals surface area contributed by atoms with Crippen molar-refractivity contribution in [3.05, 3.63) is 41.0 Å². The average Bonchev–Trinajstić information content (AvgIpc) is 2.66. The Morgan fingerprint density at radius 3 is 2.67 bits per heavy atom. The molecular formula is C13H16ClN3O. The second-order valence-electron chi connectivity index (χ2n) is 4.22. The average molecular weight is 266 g/mol. The van der Waals surface area contributed by atoms with Crippen molar-refractivity contribution in [2.75, 3.05) is 0 Å². The number of aryl methyl sites for hydroxylation is 3. The minimum absolute atomic E-state index is 0.349. The molecule has 2 aromatic rings. The van der Waals surface area contributed by atoms with Crippen LogP contribution in [0.25, 0.3) is 0 Å². The van der Waals surface area contributed by atoms with Gasteiger partial charge < -0.3 is 4.74 Å². The van der Waals surface area contributed by atoms with E-state index in [2.05, 4.69) is 10.1 Å². The molecule has 0 bridgehead atoms. The first-order valence-electron chi connectivity index (χ1n) is 5.75. The largest absolute Gasteiger partial charge is 0.485 e. The van der Waals surface area contributed by atoms with Crippen LogP contribution in [0.3, 0.4) is 0 Å². The molecule has 0 aromatic carbocycles. The Morgan fingerprint density at radius 1 is 1.28 bits per heavy atom. The van der Waals surface area contributed by atoms with E-state index in [4.69, 9.17) is 16.3 Å². The zero-order chi connectivity index (χ0) is 13.1. The predicted octanol–water partition coefficient (Wildman–Crippen LogP) is 2.75. The van der Waals surface area contributed by atoms with Gasteiger partial charge >= 0.3 is 0 Å². The summed E-state index contributed by atoms with van der Waals surface area (Å²) in [6.07, 6.45) is 0. The summed E-state index contributed by atoms with van der Waals surface area (Å²) in [6.45, 7) is 4.36. The molecule has 96 valence electrons. The molecule has 0 radical (unpaired) electrons. The van der Waals surface area contributed by atoms with E-state index in [1.165, 1.54) is 0 Å². The summed E-state index contributed by atoms with van der Waals surface area (Å²) in [5.74, 6) is 1.08. The summed E-state index contributed by atoms with van der Waals surface area (Å²) in [4.78, 5) is 4.35. The number of rotatable bonds is 4. The minimum Gasteiger partial charge on any atom is -0.485 e. The summed E-state index contributed by atoms with van der Waals surface area (Å²) < 4.78 is 7.57. The molecule has 0 aliphatic rings. The monoisotopic (exact) mass is 265 g/mol. The zero-order valence-corrected chi connectivity index (χ0v) is 11.5. The van der Waals surface area contributed by atoms with Crippen LogP contribution in [0.4, 0.5) is 0 Å². The molecule has 0 aliphatic carbocycles. The van der Waals surface area contributed by atoms with Gasteiger partial charge in [-0.1, -0.05) is 0 Å². The fraction of sp³-hybridized carbons (Fsp3) is 0.385. The van der Waals surface area contributed by atoms with E-state index >= 15 is 0 Å². The maximum Gasteiger partial charge on any atom is 0.142 e. The lowest BCUT2D eigenvalue weighted by atomic mass is 10.3. The van der Waals surface area contributed by atoms with E-state index in [-0.39, 0.29) is 0 Å². The number of alkyl halides is 1. The highest BCUT2D eigenvalue weighted by Crippen LogP contribution is 2.20. The van der Waals surface area contributed by atoms with E-state index in [0.29, 0.717) is 12.5 Å². The van der Waals surface area contributed by atoms with Gasteiger partial charge in [-0.2, -0.15) is 5.10 Å². The SMILES string of the molecule is Cc1ccc(OCc2cc(C)nn2C)c(CCl)n1. The van der Waals surface area contributed by atoms with Gasteiger partial charge in [-0.25, -0.2) is 0 Å². The fourth-order valence-corrected chi connectivity index (χ4v) is 1.97. The lowest BCUT2D eigenvalue weighted by Crippen LogP contribution is -2.05. The number of hydrogen-bond acceptors (Lipinski definition) is 3. The molecule has 0 atom stereocenters. The summed E-state index contributed by atoms with van der Waals surface area (Å²) in [6, 6.07) is 5.82. The molecule has 0 N–H and O–H groups in total. The summed E-state index contributed by atoms with van der Waals surface area (Å²) in [7, 11) is 1.90. The number of halogens is 1. The predicted molar refractivity (Wildman–Crippen MR) is 70.8 cm³/mol. The zero-order valence-electron chi connectivity index (χ0n) is 10.8. The van der Waals surface area contributed by atoms with E-state index in [1.807, 2.05) is 43.8 Å². The first kappa shape index (κ1) is 12.9. The Balaban J connectivity index is 2.13. The van der Waals surface area contributed by atoms with Gasteiger partial charge in [-0.05, 0) is 32.0 Å². The number of aromatic nitrogens is 3. The normalized spacial score (nSPS) is 10.7. The van der Waals surface area contributed by atoms with Gasteiger partial charge in [0.1, 0.15) is 12.4 Å². The third kappa shape index (κ3) is 2.82. The van der Waals surface area contributed by atoms with Crippen molar-refractivity contribution in [1.82, 2.24) is 14.8 Å². The lowest BCUT2D eigenvalue weighted by molar-refractivity contribution is 0.291. The van der Waals surface area contributed by atoms with Crippen LogP contribution in [0, 0.1) is 13.8 Å². The topological polar surface area (TPSA) is 39.9 Å². The third-order valence-corrected chi connectivity index (χ3v) is 2.93. The lowest BCUT2D eigenvalue weighted by Gasteiger charge is -2.09. The highest BCUT2D eigenvalue weighted by atomic mass is 35.5. The van der Waals surface area contributed by atoms with Crippen molar-refractivity contribution in [3.63, 3.8) is 0 Å². The Hall–Kier alpha value is -1.55. The molecule has 18 heavy (non-hydrogen) atoms. The van der Waals surface area contributed by atoms with Gasteiger partial charge in [-0.3, -0.25) is 9.67 Å². The van der Waals surface area contributed by atoms with Crippen molar-refractivity contribution in [2.24, 2.45) is 7.05 Å². The molecule has 2 rings (SSSR count). The second-order valence-corrected chi connectivity index (χ2v) is 4.49. The summed E-state index contributed by atoms with van der Waals surface area (Å²) in [5.41, 5.74) is 3.72. The molecule has 2 aromatic heterocycles. The Bertz CT molecular complexity index is 551. The summed E-state index contributed by atoms with van der Waals surface area (Å²) in [5, 5.41) is 4.28. The van der Waals surface area contributed by atoms with Gasteiger partial charge in [0.15, 0.2) is 0 Å². The Kier molecular flexibility index (Phi) is 3.87. The molecule has 0 fully saturated rings. The van der Waals surface area contributed by atoms with Crippen LogP contribution >= 0.6 is 11.6 Å². The summed E-state index contributed by atoms with van der Waals surface area (Å²) >= 11 is 5.86. The molecule has 0 spiro atoms. The smallest absolute Gasteiger partial charge is 0.142 e. The van der Waals surface area contributed by atoms with Crippen LogP contribution in [-0.4, -0.2) is 14.8 Å². The van der Waals surface area contributed by atoms with E-state index in [1.54, 1.807) is 0 Å². The standard InChI is InChI=1S/C13H16ClN3O/c1-9-4-5-13(12(7-14)15-9)18-8-11-6-10(2)16-17(11)3/h4-6H,7-8H2,1-3H3.